The SMILES string of the molecule is C=CCCC(C)N[C@@H](C)c1cccc(F)c1. The van der Waals surface area contributed by atoms with Crippen molar-refractivity contribution < 1.29 is 4.39 Å². The second-order valence-electron chi connectivity index (χ2n) is 4.21. The first-order valence-corrected chi connectivity index (χ1v) is 5.76. The van der Waals surface area contributed by atoms with E-state index in [1.165, 1.54) is 6.07 Å². The molecule has 0 heterocycles. The summed E-state index contributed by atoms with van der Waals surface area (Å²) < 4.78 is 13.0. The zero-order valence-corrected chi connectivity index (χ0v) is 10.0. The van der Waals surface area contributed by atoms with Crippen LogP contribution in [0.25, 0.3) is 0 Å². The fraction of sp³-hybridized carbons (Fsp3) is 0.429. The van der Waals surface area contributed by atoms with Crippen molar-refractivity contribution in [2.75, 3.05) is 0 Å². The molecule has 1 N–H and O–H groups in total. The fourth-order valence-corrected chi connectivity index (χ4v) is 1.75. The van der Waals surface area contributed by atoms with Crippen LogP contribution < -0.4 is 5.32 Å². The highest BCUT2D eigenvalue weighted by atomic mass is 19.1. The highest BCUT2D eigenvalue weighted by molar-refractivity contribution is 5.19. The van der Waals surface area contributed by atoms with E-state index in [2.05, 4.69) is 25.7 Å². The zero-order valence-electron chi connectivity index (χ0n) is 10.0. The normalized spacial score (nSPS) is 14.4. The number of halogens is 1. The minimum Gasteiger partial charge on any atom is -0.308 e. The molecule has 1 unspecified atom stereocenters. The van der Waals surface area contributed by atoms with Gasteiger partial charge in [0.2, 0.25) is 0 Å². The van der Waals surface area contributed by atoms with Crippen molar-refractivity contribution in [1.82, 2.24) is 5.32 Å². The van der Waals surface area contributed by atoms with E-state index in [9.17, 15) is 4.39 Å². The Balaban J connectivity index is 2.51. The third-order valence-corrected chi connectivity index (χ3v) is 2.69. The topological polar surface area (TPSA) is 12.0 Å². The van der Waals surface area contributed by atoms with E-state index in [4.69, 9.17) is 0 Å². The van der Waals surface area contributed by atoms with Gasteiger partial charge in [-0.15, -0.1) is 6.58 Å². The van der Waals surface area contributed by atoms with Crippen LogP contribution in [0.3, 0.4) is 0 Å². The maximum atomic E-state index is 13.0. The Morgan fingerprint density at radius 1 is 1.44 bits per heavy atom. The Morgan fingerprint density at radius 3 is 2.81 bits per heavy atom. The van der Waals surface area contributed by atoms with Crippen LogP contribution in [0.5, 0.6) is 0 Å². The number of allylic oxidation sites excluding steroid dienone is 1. The Labute approximate surface area is 97.4 Å². The molecule has 0 amide bonds. The molecule has 0 fully saturated rings. The van der Waals surface area contributed by atoms with Crippen molar-refractivity contribution in [3.8, 4) is 0 Å². The molecule has 2 heteroatoms. The molecule has 0 aliphatic rings. The molecule has 88 valence electrons. The Bertz CT molecular complexity index is 335. The number of benzene rings is 1. The molecule has 1 nitrogen and oxygen atoms in total. The molecule has 1 rings (SSSR count). The summed E-state index contributed by atoms with van der Waals surface area (Å²) in [7, 11) is 0. The van der Waals surface area contributed by atoms with Crippen molar-refractivity contribution in [2.45, 2.75) is 38.8 Å². The summed E-state index contributed by atoms with van der Waals surface area (Å²) in [6.07, 6.45) is 3.98. The molecular formula is C14H20FN. The van der Waals surface area contributed by atoms with Crippen molar-refractivity contribution in [3.63, 3.8) is 0 Å². The first-order chi connectivity index (χ1) is 7.63. The summed E-state index contributed by atoms with van der Waals surface area (Å²) in [6.45, 7) is 7.90. The van der Waals surface area contributed by atoms with Gasteiger partial charge in [-0.05, 0) is 44.4 Å². The summed E-state index contributed by atoms with van der Waals surface area (Å²) >= 11 is 0. The van der Waals surface area contributed by atoms with Gasteiger partial charge in [0.05, 0.1) is 0 Å². The van der Waals surface area contributed by atoms with Gasteiger partial charge in [0.1, 0.15) is 5.82 Å². The van der Waals surface area contributed by atoms with E-state index in [0.717, 1.165) is 18.4 Å². The molecule has 0 spiro atoms. The second kappa shape index (κ2) is 6.44. The van der Waals surface area contributed by atoms with Crippen molar-refractivity contribution in [3.05, 3.63) is 48.3 Å². The molecular weight excluding hydrogens is 201 g/mol. The average Bonchev–Trinajstić information content (AvgIpc) is 2.26. The van der Waals surface area contributed by atoms with Gasteiger partial charge in [-0.2, -0.15) is 0 Å². The molecule has 0 aliphatic heterocycles. The summed E-state index contributed by atoms with van der Waals surface area (Å²) in [5, 5.41) is 3.44. The van der Waals surface area contributed by atoms with E-state index in [1.54, 1.807) is 12.1 Å². The average molecular weight is 221 g/mol. The lowest BCUT2D eigenvalue weighted by Gasteiger charge is -2.20. The van der Waals surface area contributed by atoms with Crippen LogP contribution in [0.2, 0.25) is 0 Å². The zero-order chi connectivity index (χ0) is 12.0. The second-order valence-corrected chi connectivity index (χ2v) is 4.21. The highest BCUT2D eigenvalue weighted by Gasteiger charge is 2.09. The van der Waals surface area contributed by atoms with Gasteiger partial charge in [0.15, 0.2) is 0 Å². The predicted octanol–water partition coefficient (Wildman–Crippen LogP) is 3.83. The van der Waals surface area contributed by atoms with Crippen LogP contribution in [-0.2, 0) is 0 Å². The quantitative estimate of drug-likeness (QED) is 0.720. The molecule has 0 radical (unpaired) electrons. The minimum absolute atomic E-state index is 0.176. The summed E-state index contributed by atoms with van der Waals surface area (Å²) in [5.41, 5.74) is 0.991. The van der Waals surface area contributed by atoms with Crippen molar-refractivity contribution >= 4 is 0 Å². The summed E-state index contributed by atoms with van der Waals surface area (Å²) in [6, 6.07) is 7.33. The Kier molecular flexibility index (Phi) is 5.20. The predicted molar refractivity (Wildman–Crippen MR) is 66.8 cm³/mol. The maximum Gasteiger partial charge on any atom is 0.123 e. The van der Waals surface area contributed by atoms with Crippen LogP contribution in [0.4, 0.5) is 4.39 Å². The molecule has 0 saturated heterocycles. The van der Waals surface area contributed by atoms with Crippen molar-refractivity contribution in [1.29, 1.82) is 0 Å². The molecule has 1 aromatic carbocycles. The van der Waals surface area contributed by atoms with E-state index in [0.29, 0.717) is 6.04 Å². The molecule has 1 aromatic rings. The molecule has 16 heavy (non-hydrogen) atoms. The van der Waals surface area contributed by atoms with E-state index < -0.39 is 0 Å². The van der Waals surface area contributed by atoms with E-state index in [-0.39, 0.29) is 11.9 Å². The Morgan fingerprint density at radius 2 is 2.19 bits per heavy atom. The lowest BCUT2D eigenvalue weighted by molar-refractivity contribution is 0.457. The van der Waals surface area contributed by atoms with Crippen LogP contribution in [0.15, 0.2) is 36.9 Å². The molecule has 2 atom stereocenters. The third kappa shape index (κ3) is 4.15. The van der Waals surface area contributed by atoms with E-state index in [1.807, 2.05) is 12.1 Å². The monoisotopic (exact) mass is 221 g/mol. The number of nitrogens with one attached hydrogen (secondary N) is 1. The smallest absolute Gasteiger partial charge is 0.123 e. The molecule has 0 aromatic heterocycles. The maximum absolute atomic E-state index is 13.0. The number of hydrogen-bond acceptors (Lipinski definition) is 1. The number of hydrogen-bond donors (Lipinski definition) is 1. The van der Waals surface area contributed by atoms with Gasteiger partial charge in [-0.1, -0.05) is 18.2 Å². The van der Waals surface area contributed by atoms with E-state index >= 15 is 0 Å². The molecule has 0 aliphatic carbocycles. The van der Waals surface area contributed by atoms with Gasteiger partial charge >= 0.3 is 0 Å². The van der Waals surface area contributed by atoms with Gasteiger partial charge in [-0.3, -0.25) is 0 Å². The van der Waals surface area contributed by atoms with Gasteiger partial charge < -0.3 is 5.32 Å². The minimum atomic E-state index is -0.176. The molecule has 0 saturated carbocycles. The van der Waals surface area contributed by atoms with Crippen LogP contribution in [0.1, 0.15) is 38.3 Å². The summed E-state index contributed by atoms with van der Waals surface area (Å²) in [5.74, 6) is -0.176. The first kappa shape index (κ1) is 12.9. The lowest BCUT2D eigenvalue weighted by atomic mass is 10.1. The standard InChI is InChI=1S/C14H20FN/c1-4-5-7-11(2)16-12(3)13-8-6-9-14(15)10-13/h4,6,8-12,16H,1,5,7H2,2-3H3/t11?,12-/m0/s1. The number of rotatable bonds is 6. The van der Waals surface area contributed by atoms with Crippen LogP contribution in [0, 0.1) is 5.82 Å². The molecule has 0 bridgehead atoms. The van der Waals surface area contributed by atoms with Gasteiger partial charge in [0.25, 0.3) is 0 Å². The first-order valence-electron chi connectivity index (χ1n) is 5.76. The highest BCUT2D eigenvalue weighted by Crippen LogP contribution is 2.15. The van der Waals surface area contributed by atoms with Crippen LogP contribution in [-0.4, -0.2) is 6.04 Å². The van der Waals surface area contributed by atoms with Crippen LogP contribution >= 0.6 is 0 Å². The van der Waals surface area contributed by atoms with Crippen molar-refractivity contribution in [2.24, 2.45) is 0 Å². The third-order valence-electron chi connectivity index (χ3n) is 2.69. The fourth-order valence-electron chi connectivity index (χ4n) is 1.75. The van der Waals surface area contributed by atoms with Gasteiger partial charge in [-0.25, -0.2) is 4.39 Å². The lowest BCUT2D eigenvalue weighted by Crippen LogP contribution is -2.28. The summed E-state index contributed by atoms with van der Waals surface area (Å²) in [4.78, 5) is 0. The Hall–Kier alpha value is -1.15. The van der Waals surface area contributed by atoms with Gasteiger partial charge in [0, 0.05) is 12.1 Å². The largest absolute Gasteiger partial charge is 0.308 e.